The number of thiazole rings is 1. The van der Waals surface area contributed by atoms with E-state index >= 15 is 0 Å². The van der Waals surface area contributed by atoms with Gasteiger partial charge in [-0.1, -0.05) is 43.5 Å². The predicted octanol–water partition coefficient (Wildman–Crippen LogP) is 5.84. The van der Waals surface area contributed by atoms with Gasteiger partial charge in [0, 0.05) is 29.1 Å². The van der Waals surface area contributed by atoms with Gasteiger partial charge in [-0.25, -0.2) is 9.78 Å². The van der Waals surface area contributed by atoms with E-state index in [1.54, 1.807) is 17.0 Å². The summed E-state index contributed by atoms with van der Waals surface area (Å²) in [5.74, 6) is 0. The summed E-state index contributed by atoms with van der Waals surface area (Å²) in [6.45, 7) is 5.44. The number of unbranched alkanes of at least 4 members (excludes halogenated alkanes) is 1. The van der Waals surface area contributed by atoms with Crippen molar-refractivity contribution in [2.24, 2.45) is 0 Å². The van der Waals surface area contributed by atoms with Gasteiger partial charge in [-0.15, -0.1) is 11.3 Å². The third-order valence-electron chi connectivity index (χ3n) is 3.43. The standard InChI is InChI=1S/C17H21Cl2N3OS/c1-3-5-8-20-16(23)22(9-4-2)17-21-15(11-24-17)13-7-6-12(18)10-14(13)19/h6-7,10-11H,3-5,8-9H2,1-2H3,(H,20,23). The fourth-order valence-electron chi connectivity index (χ4n) is 2.18. The Hall–Kier alpha value is -1.30. The van der Waals surface area contributed by atoms with Crippen LogP contribution in [0, 0.1) is 0 Å². The quantitative estimate of drug-likeness (QED) is 0.608. The maximum Gasteiger partial charge on any atom is 0.323 e. The molecule has 0 atom stereocenters. The minimum atomic E-state index is -0.103. The summed E-state index contributed by atoms with van der Waals surface area (Å²) < 4.78 is 0. The molecule has 24 heavy (non-hydrogen) atoms. The van der Waals surface area contributed by atoms with Gasteiger partial charge < -0.3 is 5.32 Å². The first-order valence-electron chi connectivity index (χ1n) is 8.03. The zero-order valence-corrected chi connectivity index (χ0v) is 16.1. The van der Waals surface area contributed by atoms with E-state index in [4.69, 9.17) is 23.2 Å². The first-order chi connectivity index (χ1) is 11.6. The number of hydrogen-bond donors (Lipinski definition) is 1. The third kappa shape index (κ3) is 4.85. The van der Waals surface area contributed by atoms with Gasteiger partial charge in [0.05, 0.1) is 10.7 Å². The summed E-state index contributed by atoms with van der Waals surface area (Å²) in [6.07, 6.45) is 2.87. The predicted molar refractivity (Wildman–Crippen MR) is 104 cm³/mol. The molecule has 0 spiro atoms. The number of amides is 2. The van der Waals surface area contributed by atoms with Gasteiger partial charge in [0.15, 0.2) is 5.13 Å². The fraction of sp³-hybridized carbons (Fsp3) is 0.412. The number of urea groups is 1. The average Bonchev–Trinajstić information content (AvgIpc) is 3.02. The van der Waals surface area contributed by atoms with Crippen molar-refractivity contribution in [3.05, 3.63) is 33.6 Å². The summed E-state index contributed by atoms with van der Waals surface area (Å²) in [4.78, 5) is 18.7. The fourth-order valence-corrected chi connectivity index (χ4v) is 3.54. The molecule has 0 unspecified atom stereocenters. The number of benzene rings is 1. The number of aromatic nitrogens is 1. The van der Waals surface area contributed by atoms with Crippen molar-refractivity contribution in [2.45, 2.75) is 33.1 Å². The maximum atomic E-state index is 12.4. The monoisotopic (exact) mass is 385 g/mol. The van der Waals surface area contributed by atoms with Gasteiger partial charge in [0.2, 0.25) is 0 Å². The number of carbonyl (C=O) groups excluding carboxylic acids is 1. The molecule has 1 aromatic carbocycles. The molecule has 2 amide bonds. The Bertz CT molecular complexity index is 690. The van der Waals surface area contributed by atoms with E-state index in [9.17, 15) is 4.79 Å². The highest BCUT2D eigenvalue weighted by Crippen LogP contribution is 2.33. The van der Waals surface area contributed by atoms with Crippen LogP contribution in [0.3, 0.4) is 0 Å². The highest BCUT2D eigenvalue weighted by molar-refractivity contribution is 7.14. The van der Waals surface area contributed by atoms with Crippen LogP contribution in [0.4, 0.5) is 9.93 Å². The van der Waals surface area contributed by atoms with E-state index in [-0.39, 0.29) is 6.03 Å². The van der Waals surface area contributed by atoms with Crippen molar-refractivity contribution in [3.63, 3.8) is 0 Å². The molecule has 0 saturated carbocycles. The molecular formula is C17H21Cl2N3OS. The topological polar surface area (TPSA) is 45.2 Å². The number of anilines is 1. The molecule has 2 rings (SSSR count). The van der Waals surface area contributed by atoms with Gasteiger partial charge in [-0.05, 0) is 31.0 Å². The molecule has 0 bridgehead atoms. The molecule has 0 fully saturated rings. The molecule has 130 valence electrons. The highest BCUT2D eigenvalue weighted by Gasteiger charge is 2.19. The lowest BCUT2D eigenvalue weighted by atomic mass is 10.2. The summed E-state index contributed by atoms with van der Waals surface area (Å²) in [6, 6.07) is 5.21. The second-order valence-electron chi connectivity index (χ2n) is 5.38. The number of nitrogens with one attached hydrogen (secondary N) is 1. The average molecular weight is 386 g/mol. The van der Waals surface area contributed by atoms with Crippen LogP contribution in [0.1, 0.15) is 33.1 Å². The van der Waals surface area contributed by atoms with Gasteiger partial charge >= 0.3 is 6.03 Å². The lowest BCUT2D eigenvalue weighted by molar-refractivity contribution is 0.246. The number of nitrogens with zero attached hydrogens (tertiary/aromatic N) is 2. The minimum Gasteiger partial charge on any atom is -0.338 e. The molecule has 0 aliphatic rings. The maximum absolute atomic E-state index is 12.4. The molecule has 1 N–H and O–H groups in total. The molecule has 0 radical (unpaired) electrons. The van der Waals surface area contributed by atoms with Crippen molar-refractivity contribution >= 4 is 45.7 Å². The van der Waals surface area contributed by atoms with Gasteiger partial charge in [0.1, 0.15) is 0 Å². The van der Waals surface area contributed by atoms with Crippen LogP contribution in [0.25, 0.3) is 11.3 Å². The van der Waals surface area contributed by atoms with Crippen molar-refractivity contribution in [1.82, 2.24) is 10.3 Å². The molecule has 1 aromatic heterocycles. The molecule has 7 heteroatoms. The Labute approximate surface area is 156 Å². The number of rotatable bonds is 7. The van der Waals surface area contributed by atoms with E-state index < -0.39 is 0 Å². The smallest absolute Gasteiger partial charge is 0.323 e. The van der Waals surface area contributed by atoms with Crippen molar-refractivity contribution in [3.8, 4) is 11.3 Å². The Morgan fingerprint density at radius 2 is 2.08 bits per heavy atom. The zero-order chi connectivity index (χ0) is 17.5. The van der Waals surface area contributed by atoms with E-state index in [1.807, 2.05) is 18.4 Å². The molecule has 0 saturated heterocycles. The third-order valence-corrected chi connectivity index (χ3v) is 4.84. The summed E-state index contributed by atoms with van der Waals surface area (Å²) >= 11 is 13.6. The molecule has 4 nitrogen and oxygen atoms in total. The Morgan fingerprint density at radius 1 is 1.29 bits per heavy atom. The second kappa shape index (κ2) is 9.25. The van der Waals surface area contributed by atoms with E-state index in [0.717, 1.165) is 30.5 Å². The normalized spacial score (nSPS) is 10.7. The van der Waals surface area contributed by atoms with Crippen LogP contribution in [-0.4, -0.2) is 24.1 Å². The number of hydrogen-bond acceptors (Lipinski definition) is 3. The van der Waals surface area contributed by atoms with E-state index in [0.29, 0.717) is 28.3 Å². The first-order valence-corrected chi connectivity index (χ1v) is 9.66. The Morgan fingerprint density at radius 3 is 2.75 bits per heavy atom. The van der Waals surface area contributed by atoms with Crippen molar-refractivity contribution in [1.29, 1.82) is 0 Å². The Balaban J connectivity index is 2.20. The summed E-state index contributed by atoms with van der Waals surface area (Å²) in [5.41, 5.74) is 1.56. The molecule has 0 aliphatic heterocycles. The summed E-state index contributed by atoms with van der Waals surface area (Å²) in [5, 5.41) is 6.66. The molecule has 0 aliphatic carbocycles. The van der Waals surface area contributed by atoms with Crippen LogP contribution in [0.15, 0.2) is 23.6 Å². The van der Waals surface area contributed by atoms with Gasteiger partial charge in [-0.3, -0.25) is 4.90 Å². The zero-order valence-electron chi connectivity index (χ0n) is 13.8. The van der Waals surface area contributed by atoms with Crippen LogP contribution in [-0.2, 0) is 0 Å². The van der Waals surface area contributed by atoms with Crippen LogP contribution < -0.4 is 10.2 Å². The SMILES string of the molecule is CCCCNC(=O)N(CCC)c1nc(-c2ccc(Cl)cc2Cl)cs1. The van der Waals surface area contributed by atoms with Gasteiger partial charge in [0.25, 0.3) is 0 Å². The van der Waals surface area contributed by atoms with Gasteiger partial charge in [-0.2, -0.15) is 0 Å². The Kier molecular flexibility index (Phi) is 7.34. The summed E-state index contributed by atoms with van der Waals surface area (Å²) in [7, 11) is 0. The highest BCUT2D eigenvalue weighted by atomic mass is 35.5. The van der Waals surface area contributed by atoms with E-state index in [1.165, 1.54) is 11.3 Å². The molecular weight excluding hydrogens is 365 g/mol. The first kappa shape index (κ1) is 19.0. The van der Waals surface area contributed by atoms with Crippen molar-refractivity contribution in [2.75, 3.05) is 18.0 Å². The van der Waals surface area contributed by atoms with Crippen LogP contribution in [0.2, 0.25) is 10.0 Å². The lowest BCUT2D eigenvalue weighted by Gasteiger charge is -2.19. The number of halogens is 2. The second-order valence-corrected chi connectivity index (χ2v) is 7.06. The van der Waals surface area contributed by atoms with Crippen molar-refractivity contribution < 1.29 is 4.79 Å². The van der Waals surface area contributed by atoms with Crippen LogP contribution >= 0.6 is 34.5 Å². The largest absolute Gasteiger partial charge is 0.338 e. The van der Waals surface area contributed by atoms with Crippen LogP contribution in [0.5, 0.6) is 0 Å². The number of carbonyl (C=O) groups is 1. The lowest BCUT2D eigenvalue weighted by Crippen LogP contribution is -2.40. The molecule has 1 heterocycles. The molecule has 2 aromatic rings. The van der Waals surface area contributed by atoms with E-state index in [2.05, 4.69) is 17.2 Å². The minimum absolute atomic E-state index is 0.103.